The lowest BCUT2D eigenvalue weighted by Gasteiger charge is -2.39. The van der Waals surface area contributed by atoms with Crippen LogP contribution in [-0.2, 0) is 11.2 Å². The van der Waals surface area contributed by atoms with E-state index < -0.39 is 0 Å². The summed E-state index contributed by atoms with van der Waals surface area (Å²) in [4.78, 5) is 14.7. The molecule has 6 nitrogen and oxygen atoms in total. The molecule has 2 aliphatic heterocycles. The molecule has 1 N–H and O–H groups in total. The van der Waals surface area contributed by atoms with E-state index in [-0.39, 0.29) is 5.91 Å². The maximum absolute atomic E-state index is 12.7. The number of carbonyl (C=O) groups excluding carboxylic acids is 1. The predicted molar refractivity (Wildman–Crippen MR) is 100 cm³/mol. The highest BCUT2D eigenvalue weighted by Gasteiger charge is 2.37. The van der Waals surface area contributed by atoms with Gasteiger partial charge in [-0.25, -0.2) is 0 Å². The van der Waals surface area contributed by atoms with Crippen LogP contribution in [0.25, 0.3) is 0 Å². The van der Waals surface area contributed by atoms with Gasteiger partial charge in [0.2, 0.25) is 11.7 Å². The third-order valence-electron chi connectivity index (χ3n) is 5.90. The van der Waals surface area contributed by atoms with Gasteiger partial charge in [-0.05, 0) is 49.3 Å². The Balaban J connectivity index is 1.59. The van der Waals surface area contributed by atoms with E-state index in [9.17, 15) is 4.79 Å². The van der Waals surface area contributed by atoms with Gasteiger partial charge in [-0.1, -0.05) is 6.07 Å². The van der Waals surface area contributed by atoms with Gasteiger partial charge in [0.05, 0.1) is 21.3 Å². The third-order valence-corrected chi connectivity index (χ3v) is 5.90. The highest BCUT2D eigenvalue weighted by atomic mass is 16.5. The summed E-state index contributed by atoms with van der Waals surface area (Å²) in [5.74, 6) is 2.08. The Morgan fingerprint density at radius 2 is 1.81 bits per heavy atom. The minimum Gasteiger partial charge on any atom is -0.493 e. The predicted octanol–water partition coefficient (Wildman–Crippen LogP) is 2.25. The molecule has 0 unspecified atom stereocenters. The fraction of sp³-hybridized carbons (Fsp3) is 0.650. The fourth-order valence-corrected chi connectivity index (χ4v) is 4.21. The fourth-order valence-electron chi connectivity index (χ4n) is 4.21. The Kier molecular flexibility index (Phi) is 5.91. The largest absolute Gasteiger partial charge is 0.493 e. The maximum Gasteiger partial charge on any atom is 0.222 e. The number of ether oxygens (including phenoxy) is 3. The number of nitrogens with one attached hydrogen (secondary N) is 1. The molecule has 3 rings (SSSR count). The number of piperidine rings is 1. The first-order valence-electron chi connectivity index (χ1n) is 9.39. The zero-order valence-corrected chi connectivity index (χ0v) is 16.1. The Bertz CT molecular complexity index is 631. The first-order valence-corrected chi connectivity index (χ1v) is 9.39. The highest BCUT2D eigenvalue weighted by molar-refractivity contribution is 5.76. The van der Waals surface area contributed by atoms with Crippen molar-refractivity contribution in [1.82, 2.24) is 10.2 Å². The third kappa shape index (κ3) is 3.75. The molecule has 1 amide bonds. The Labute approximate surface area is 155 Å². The van der Waals surface area contributed by atoms with Gasteiger partial charge in [0.1, 0.15) is 0 Å². The number of aryl methyl sites for hydroxylation is 1. The average Bonchev–Trinajstić information content (AvgIpc) is 3.13. The molecule has 2 saturated heterocycles. The highest BCUT2D eigenvalue weighted by Crippen LogP contribution is 2.40. The molecule has 0 bridgehead atoms. The van der Waals surface area contributed by atoms with Crippen LogP contribution >= 0.6 is 0 Å². The van der Waals surface area contributed by atoms with Gasteiger partial charge in [-0.2, -0.15) is 0 Å². The van der Waals surface area contributed by atoms with Crippen LogP contribution in [0, 0.1) is 5.41 Å². The molecule has 1 aromatic carbocycles. The van der Waals surface area contributed by atoms with E-state index in [1.54, 1.807) is 21.3 Å². The number of nitrogens with zero attached hydrogens (tertiary/aromatic N) is 1. The van der Waals surface area contributed by atoms with Crippen molar-refractivity contribution in [3.63, 3.8) is 0 Å². The van der Waals surface area contributed by atoms with Crippen molar-refractivity contribution in [3.05, 3.63) is 17.7 Å². The molecule has 2 heterocycles. The number of hydrogen-bond acceptors (Lipinski definition) is 5. The molecular formula is C20H30N2O4. The second kappa shape index (κ2) is 8.16. The zero-order chi connectivity index (χ0) is 18.6. The molecule has 1 aromatic rings. The van der Waals surface area contributed by atoms with E-state index in [4.69, 9.17) is 14.2 Å². The van der Waals surface area contributed by atoms with Gasteiger partial charge in [-0.3, -0.25) is 4.79 Å². The first-order chi connectivity index (χ1) is 12.6. The van der Waals surface area contributed by atoms with Crippen LogP contribution < -0.4 is 19.5 Å². The van der Waals surface area contributed by atoms with Gasteiger partial charge in [0.25, 0.3) is 0 Å². The summed E-state index contributed by atoms with van der Waals surface area (Å²) in [6.07, 6.45) is 4.59. The van der Waals surface area contributed by atoms with Crippen LogP contribution in [0.3, 0.4) is 0 Å². The Hall–Kier alpha value is -1.95. The molecule has 0 atom stereocenters. The SMILES string of the molecule is COc1ccc(CCC(=O)N2CCC3(CCNC3)CC2)c(OC)c1OC. The lowest BCUT2D eigenvalue weighted by atomic mass is 9.78. The van der Waals surface area contributed by atoms with Crippen molar-refractivity contribution in [2.24, 2.45) is 5.41 Å². The van der Waals surface area contributed by atoms with Crippen molar-refractivity contribution in [3.8, 4) is 17.2 Å². The molecule has 144 valence electrons. The number of rotatable bonds is 6. The summed E-state index contributed by atoms with van der Waals surface area (Å²) in [5.41, 5.74) is 1.40. The smallest absolute Gasteiger partial charge is 0.222 e. The molecule has 2 fully saturated rings. The minimum atomic E-state index is 0.225. The van der Waals surface area contributed by atoms with Crippen LogP contribution in [0.5, 0.6) is 17.2 Å². The quantitative estimate of drug-likeness (QED) is 0.841. The van der Waals surface area contributed by atoms with E-state index >= 15 is 0 Å². The molecule has 26 heavy (non-hydrogen) atoms. The number of benzene rings is 1. The van der Waals surface area contributed by atoms with Gasteiger partial charge >= 0.3 is 0 Å². The van der Waals surface area contributed by atoms with Crippen molar-refractivity contribution in [2.75, 3.05) is 47.5 Å². The van der Waals surface area contributed by atoms with Crippen LogP contribution in [0.4, 0.5) is 0 Å². The molecule has 0 radical (unpaired) electrons. The number of carbonyl (C=O) groups is 1. The van der Waals surface area contributed by atoms with Crippen molar-refractivity contribution in [2.45, 2.75) is 32.1 Å². The van der Waals surface area contributed by atoms with Crippen molar-refractivity contribution < 1.29 is 19.0 Å². The van der Waals surface area contributed by atoms with E-state index in [0.29, 0.717) is 35.5 Å². The van der Waals surface area contributed by atoms with Crippen LogP contribution in [0.15, 0.2) is 12.1 Å². The first kappa shape index (κ1) is 18.8. The van der Waals surface area contributed by atoms with Crippen LogP contribution in [0.1, 0.15) is 31.2 Å². The lowest BCUT2D eigenvalue weighted by molar-refractivity contribution is -0.133. The summed E-state index contributed by atoms with van der Waals surface area (Å²) in [6, 6.07) is 3.81. The van der Waals surface area contributed by atoms with Crippen molar-refractivity contribution in [1.29, 1.82) is 0 Å². The molecule has 2 aliphatic rings. The second-order valence-corrected chi connectivity index (χ2v) is 7.30. The summed E-state index contributed by atoms with van der Waals surface area (Å²) in [5, 5.41) is 3.47. The maximum atomic E-state index is 12.7. The Morgan fingerprint density at radius 1 is 1.08 bits per heavy atom. The molecule has 1 spiro atoms. The topological polar surface area (TPSA) is 60.0 Å². The Morgan fingerprint density at radius 3 is 2.38 bits per heavy atom. The summed E-state index contributed by atoms with van der Waals surface area (Å²) in [7, 11) is 4.81. The average molecular weight is 362 g/mol. The number of hydrogen-bond donors (Lipinski definition) is 1. The summed E-state index contributed by atoms with van der Waals surface area (Å²) < 4.78 is 16.3. The second-order valence-electron chi connectivity index (χ2n) is 7.30. The zero-order valence-electron chi connectivity index (χ0n) is 16.1. The normalized spacial score (nSPS) is 18.8. The van der Waals surface area contributed by atoms with Gasteiger partial charge in [0.15, 0.2) is 11.5 Å². The van der Waals surface area contributed by atoms with E-state index in [0.717, 1.165) is 44.6 Å². The van der Waals surface area contributed by atoms with E-state index in [2.05, 4.69) is 5.32 Å². The van der Waals surface area contributed by atoms with Gasteiger partial charge < -0.3 is 24.4 Å². The van der Waals surface area contributed by atoms with E-state index in [1.165, 1.54) is 6.42 Å². The molecular weight excluding hydrogens is 332 g/mol. The van der Waals surface area contributed by atoms with E-state index in [1.807, 2.05) is 17.0 Å². The number of methoxy groups -OCH3 is 3. The molecule has 0 saturated carbocycles. The van der Waals surface area contributed by atoms with Crippen molar-refractivity contribution >= 4 is 5.91 Å². The lowest BCUT2D eigenvalue weighted by Crippen LogP contribution is -2.44. The summed E-state index contributed by atoms with van der Waals surface area (Å²) in [6.45, 7) is 3.98. The number of likely N-dealkylation sites (tertiary alicyclic amines) is 1. The summed E-state index contributed by atoms with van der Waals surface area (Å²) >= 11 is 0. The number of amides is 1. The molecule has 0 aromatic heterocycles. The molecule has 0 aliphatic carbocycles. The monoisotopic (exact) mass is 362 g/mol. The molecule has 6 heteroatoms. The van der Waals surface area contributed by atoms with Gasteiger partial charge in [0, 0.05) is 26.1 Å². The van der Waals surface area contributed by atoms with Crippen LogP contribution in [-0.4, -0.2) is 58.3 Å². The van der Waals surface area contributed by atoms with Crippen LogP contribution in [0.2, 0.25) is 0 Å². The minimum absolute atomic E-state index is 0.225. The standard InChI is InChI=1S/C20H30N2O4/c1-24-16-6-4-15(18(25-2)19(16)26-3)5-7-17(23)22-12-9-20(10-13-22)8-11-21-14-20/h4,6,21H,5,7-14H2,1-3H3. The van der Waals surface area contributed by atoms with Gasteiger partial charge in [-0.15, -0.1) is 0 Å².